The molecule has 7 heterocycles. The molecule has 0 amide bonds. The Labute approximate surface area is 304 Å². The van der Waals surface area contributed by atoms with Gasteiger partial charge >= 0.3 is 11.9 Å². The van der Waals surface area contributed by atoms with Crippen LogP contribution in [0.4, 0.5) is 0 Å². The zero-order chi connectivity index (χ0) is 35.3. The number of carboxylic acids is 2. The summed E-state index contributed by atoms with van der Waals surface area (Å²) in [5, 5.41) is 23.4. The molecular formula is C42H26N4O4S2. The van der Waals surface area contributed by atoms with Crippen LogP contribution in [-0.4, -0.2) is 42.1 Å². The molecule has 7 aromatic rings. The van der Waals surface area contributed by atoms with Crippen molar-refractivity contribution >= 4 is 81.0 Å². The van der Waals surface area contributed by atoms with Crippen molar-refractivity contribution in [2.24, 2.45) is 0 Å². The van der Waals surface area contributed by atoms with Gasteiger partial charge in [0.15, 0.2) is 0 Å². The van der Waals surface area contributed by atoms with Crippen molar-refractivity contribution in [2.45, 2.75) is 0 Å². The van der Waals surface area contributed by atoms with Crippen molar-refractivity contribution in [2.75, 3.05) is 0 Å². The zero-order valence-electron chi connectivity index (χ0n) is 27.1. The first-order valence-corrected chi connectivity index (χ1v) is 18.1. The molecule has 0 saturated carbocycles. The van der Waals surface area contributed by atoms with Gasteiger partial charge < -0.3 is 20.2 Å². The Balaban J connectivity index is 1.44. The molecule has 0 spiro atoms. The molecule has 2 aliphatic rings. The fourth-order valence-electron chi connectivity index (χ4n) is 6.73. The molecule has 250 valence electrons. The number of hydrogen-bond acceptors (Lipinski definition) is 6. The number of aromatic carboxylic acids is 2. The Hall–Kier alpha value is -6.62. The molecule has 10 heteroatoms. The van der Waals surface area contributed by atoms with Gasteiger partial charge in [0.05, 0.1) is 33.9 Å². The minimum absolute atomic E-state index is 0.189. The van der Waals surface area contributed by atoms with E-state index in [2.05, 4.69) is 57.1 Å². The van der Waals surface area contributed by atoms with E-state index in [0.717, 1.165) is 76.6 Å². The van der Waals surface area contributed by atoms with E-state index in [1.807, 2.05) is 36.4 Å². The number of benzene rings is 2. The van der Waals surface area contributed by atoms with Crippen LogP contribution in [0, 0.1) is 0 Å². The van der Waals surface area contributed by atoms with E-state index in [0.29, 0.717) is 11.4 Å². The summed E-state index contributed by atoms with van der Waals surface area (Å²) in [4.78, 5) is 43.5. The number of H-pyrrole nitrogens is 2. The molecule has 0 aliphatic carbocycles. The van der Waals surface area contributed by atoms with E-state index in [9.17, 15) is 19.8 Å². The van der Waals surface area contributed by atoms with Gasteiger partial charge in [-0.15, -0.1) is 22.7 Å². The quantitative estimate of drug-likeness (QED) is 0.136. The Kier molecular flexibility index (Phi) is 7.61. The highest BCUT2D eigenvalue weighted by Gasteiger charge is 2.20. The topological polar surface area (TPSA) is 132 Å². The SMILES string of the molecule is O=C(O)c1ccc(-c2c3nc(c(-c4ccc(C(=O)O)cc4)c4ccc([nH]4)c(-c4cccs4)c4nc(c(-c5cccs5)c5ccc2[nH]5)C=C4)C=C3)cc1. The lowest BCUT2D eigenvalue weighted by Gasteiger charge is -2.06. The van der Waals surface area contributed by atoms with Crippen LogP contribution in [0.3, 0.4) is 0 Å². The molecule has 8 bridgehead atoms. The Morgan fingerprint density at radius 3 is 1.13 bits per heavy atom. The van der Waals surface area contributed by atoms with Crippen molar-refractivity contribution in [3.8, 4) is 43.1 Å². The number of hydrogen-bond donors (Lipinski definition) is 4. The second-order valence-electron chi connectivity index (χ2n) is 12.2. The Morgan fingerprint density at radius 1 is 0.462 bits per heavy atom. The summed E-state index contributed by atoms with van der Waals surface area (Å²) in [5.41, 5.74) is 11.9. The minimum atomic E-state index is -1.000. The molecule has 0 fully saturated rings. The van der Waals surface area contributed by atoms with Crippen molar-refractivity contribution in [3.63, 3.8) is 0 Å². The van der Waals surface area contributed by atoms with Crippen LogP contribution >= 0.6 is 22.7 Å². The molecule has 5 aromatic heterocycles. The van der Waals surface area contributed by atoms with Gasteiger partial charge in [0.25, 0.3) is 0 Å². The van der Waals surface area contributed by atoms with Gasteiger partial charge in [-0.2, -0.15) is 0 Å². The highest BCUT2D eigenvalue weighted by atomic mass is 32.1. The number of nitrogens with zero attached hydrogens (tertiary/aromatic N) is 2. The first-order valence-electron chi connectivity index (χ1n) is 16.3. The number of fused-ring (bicyclic) bond motifs is 8. The summed E-state index contributed by atoms with van der Waals surface area (Å²) in [6.45, 7) is 0. The van der Waals surface area contributed by atoms with Gasteiger partial charge in [-0.3, -0.25) is 0 Å². The third kappa shape index (κ3) is 5.47. The maximum atomic E-state index is 11.8. The van der Waals surface area contributed by atoms with Gasteiger partial charge in [-0.25, -0.2) is 19.6 Å². The second-order valence-corrected chi connectivity index (χ2v) is 14.1. The average Bonchev–Trinajstić information content (AvgIpc) is 4.00. The van der Waals surface area contributed by atoms with E-state index >= 15 is 0 Å². The summed E-state index contributed by atoms with van der Waals surface area (Å²) >= 11 is 3.28. The van der Waals surface area contributed by atoms with Gasteiger partial charge in [-0.05, 0) is 107 Å². The smallest absolute Gasteiger partial charge is 0.335 e. The molecule has 2 aromatic carbocycles. The zero-order valence-corrected chi connectivity index (χ0v) is 28.8. The molecule has 0 unspecified atom stereocenters. The Morgan fingerprint density at radius 2 is 0.808 bits per heavy atom. The number of thiophene rings is 2. The number of carboxylic acid groups (broad SMARTS) is 2. The fraction of sp³-hybridized carbons (Fsp3) is 0. The summed E-state index contributed by atoms with van der Waals surface area (Å²) in [7, 11) is 0. The molecule has 0 saturated heterocycles. The maximum absolute atomic E-state index is 11.8. The largest absolute Gasteiger partial charge is 0.478 e. The predicted molar refractivity (Wildman–Crippen MR) is 210 cm³/mol. The number of nitrogens with one attached hydrogen (secondary N) is 2. The lowest BCUT2D eigenvalue weighted by molar-refractivity contribution is 0.0686. The number of rotatable bonds is 6. The minimum Gasteiger partial charge on any atom is -0.478 e. The van der Waals surface area contributed by atoms with Crippen molar-refractivity contribution in [3.05, 3.63) is 142 Å². The predicted octanol–water partition coefficient (Wildman–Crippen LogP) is 10.8. The van der Waals surface area contributed by atoms with E-state index in [1.54, 1.807) is 71.2 Å². The fourth-order valence-corrected chi connectivity index (χ4v) is 8.32. The second kappa shape index (κ2) is 12.6. The monoisotopic (exact) mass is 714 g/mol. The molecule has 2 aliphatic heterocycles. The highest BCUT2D eigenvalue weighted by molar-refractivity contribution is 7.14. The molecule has 8 nitrogen and oxygen atoms in total. The first-order chi connectivity index (χ1) is 25.4. The van der Waals surface area contributed by atoms with E-state index in [1.165, 1.54) is 0 Å². The van der Waals surface area contributed by atoms with Gasteiger partial charge in [-0.1, -0.05) is 36.4 Å². The first kappa shape index (κ1) is 31.4. The number of carbonyl (C=O) groups is 2. The van der Waals surface area contributed by atoms with Crippen LogP contribution in [0.15, 0.2) is 108 Å². The third-order valence-corrected chi connectivity index (χ3v) is 10.9. The maximum Gasteiger partial charge on any atom is 0.335 e. The molecular weight excluding hydrogens is 689 g/mol. The normalized spacial score (nSPS) is 12.0. The highest BCUT2D eigenvalue weighted by Crippen LogP contribution is 2.40. The summed E-state index contributed by atoms with van der Waals surface area (Å²) < 4.78 is 0. The summed E-state index contributed by atoms with van der Waals surface area (Å²) in [6, 6.07) is 30.0. The van der Waals surface area contributed by atoms with E-state index < -0.39 is 11.9 Å². The van der Waals surface area contributed by atoms with Crippen molar-refractivity contribution in [1.82, 2.24) is 19.9 Å². The van der Waals surface area contributed by atoms with Crippen LogP contribution in [0.5, 0.6) is 0 Å². The Bertz CT molecular complexity index is 2590. The van der Waals surface area contributed by atoms with Gasteiger partial charge in [0.1, 0.15) is 0 Å². The van der Waals surface area contributed by atoms with Crippen molar-refractivity contribution in [1.29, 1.82) is 0 Å². The van der Waals surface area contributed by atoms with Gasteiger partial charge in [0.2, 0.25) is 0 Å². The van der Waals surface area contributed by atoms with Crippen molar-refractivity contribution < 1.29 is 19.8 Å². The van der Waals surface area contributed by atoms with Crippen LogP contribution in [0.2, 0.25) is 0 Å². The number of aromatic amines is 2. The molecule has 0 atom stereocenters. The lowest BCUT2D eigenvalue weighted by Crippen LogP contribution is -1.96. The average molecular weight is 715 g/mol. The van der Waals surface area contributed by atoms with E-state index in [4.69, 9.17) is 9.97 Å². The lowest BCUT2D eigenvalue weighted by atomic mass is 10.0. The molecule has 0 radical (unpaired) electrons. The van der Waals surface area contributed by atoms with Crippen LogP contribution in [-0.2, 0) is 0 Å². The summed E-state index contributed by atoms with van der Waals surface area (Å²) in [5.74, 6) is -2.00. The molecule has 9 rings (SSSR count). The van der Waals surface area contributed by atoms with Crippen LogP contribution < -0.4 is 0 Å². The van der Waals surface area contributed by atoms with E-state index in [-0.39, 0.29) is 11.1 Å². The standard InChI is InChI=1S/C42H26N4O4S2/c47-41(48)25-9-5-23(6-10-25)37-27-13-14-28(43-27)38(24-7-11-26(12-8-24)42(49)50)30-16-18-32(45-30)40(36-4-2-22-52-36)34-20-19-33(46-34)39(35-3-1-21-51-35)31-17-15-29(37)44-31/h1-22,44-45H,(H,47,48)(H,49,50). The van der Waals surface area contributed by atoms with Crippen LogP contribution in [0.1, 0.15) is 43.5 Å². The van der Waals surface area contributed by atoms with Gasteiger partial charge in [0, 0.05) is 54.1 Å². The summed E-state index contributed by atoms with van der Waals surface area (Å²) in [6.07, 6.45) is 8.03. The van der Waals surface area contributed by atoms with Crippen LogP contribution in [0.25, 0.3) is 89.5 Å². The molecule has 52 heavy (non-hydrogen) atoms. The molecule has 4 N–H and O–H groups in total. The number of aromatic nitrogens is 4. The third-order valence-electron chi connectivity index (χ3n) is 9.13.